The van der Waals surface area contributed by atoms with Gasteiger partial charge in [0.05, 0.1) is 18.1 Å². The molecule has 0 spiro atoms. The highest BCUT2D eigenvalue weighted by Gasteiger charge is 2.19. The van der Waals surface area contributed by atoms with E-state index >= 15 is 0 Å². The fourth-order valence-electron chi connectivity index (χ4n) is 2.29. The van der Waals surface area contributed by atoms with Crippen LogP contribution in [-0.4, -0.2) is 60.7 Å². The zero-order valence-electron chi connectivity index (χ0n) is 12.3. The number of rotatable bonds is 6. The number of morpholine rings is 1. The van der Waals surface area contributed by atoms with Crippen molar-refractivity contribution in [2.45, 2.75) is 13.0 Å². The number of aromatic nitrogens is 1. The second kappa shape index (κ2) is 7.19. The van der Waals surface area contributed by atoms with Gasteiger partial charge in [0.2, 0.25) is 5.82 Å². The number of hydrogen-bond acceptors (Lipinski definition) is 7. The maximum absolute atomic E-state index is 11.1. The van der Waals surface area contributed by atoms with Crippen LogP contribution in [-0.2, 0) is 4.74 Å². The van der Waals surface area contributed by atoms with E-state index in [1.54, 1.807) is 13.1 Å². The fraction of sp³-hybridized carbons (Fsp3) is 0.615. The predicted molar refractivity (Wildman–Crippen MR) is 80.8 cm³/mol. The molecule has 1 aliphatic heterocycles. The van der Waals surface area contributed by atoms with Crippen LogP contribution in [0, 0.1) is 10.1 Å². The molecule has 0 amide bonds. The summed E-state index contributed by atoms with van der Waals surface area (Å²) in [6.45, 7) is 6.04. The normalized spacial score (nSPS) is 17.2. The Morgan fingerprint density at radius 1 is 1.48 bits per heavy atom. The summed E-state index contributed by atoms with van der Waals surface area (Å²) in [5.41, 5.74) is -0.0113. The van der Waals surface area contributed by atoms with Gasteiger partial charge in [-0.3, -0.25) is 15.0 Å². The molecule has 2 N–H and O–H groups in total. The molecule has 2 rings (SSSR count). The molecule has 0 aromatic carbocycles. The predicted octanol–water partition coefficient (Wildman–Crippen LogP) is 1.16. The maximum atomic E-state index is 11.1. The first kappa shape index (κ1) is 15.5. The first-order chi connectivity index (χ1) is 10.1. The Morgan fingerprint density at radius 2 is 2.19 bits per heavy atom. The van der Waals surface area contributed by atoms with Crippen LogP contribution in [0.25, 0.3) is 0 Å². The van der Waals surface area contributed by atoms with Gasteiger partial charge in [-0.1, -0.05) is 0 Å². The van der Waals surface area contributed by atoms with Crippen molar-refractivity contribution in [1.29, 1.82) is 0 Å². The summed E-state index contributed by atoms with van der Waals surface area (Å²) < 4.78 is 5.31. The Hall–Kier alpha value is -1.93. The highest BCUT2D eigenvalue weighted by Crippen LogP contribution is 2.24. The molecule has 0 saturated carbocycles. The van der Waals surface area contributed by atoms with E-state index in [1.165, 1.54) is 6.07 Å². The van der Waals surface area contributed by atoms with Crippen molar-refractivity contribution in [3.8, 4) is 0 Å². The largest absolute Gasteiger partial charge is 0.379 e. The number of nitrogens with one attached hydrogen (secondary N) is 2. The van der Waals surface area contributed by atoms with Gasteiger partial charge in [0.15, 0.2) is 0 Å². The first-order valence-electron chi connectivity index (χ1n) is 7.00. The van der Waals surface area contributed by atoms with Gasteiger partial charge in [0, 0.05) is 38.8 Å². The van der Waals surface area contributed by atoms with Crippen LogP contribution in [0.1, 0.15) is 6.92 Å². The topological polar surface area (TPSA) is 92.6 Å². The molecule has 8 heteroatoms. The Morgan fingerprint density at radius 3 is 2.81 bits per heavy atom. The van der Waals surface area contributed by atoms with Gasteiger partial charge in [-0.25, -0.2) is 4.98 Å². The van der Waals surface area contributed by atoms with Gasteiger partial charge in [-0.05, 0) is 13.0 Å². The second-order valence-electron chi connectivity index (χ2n) is 5.03. The zero-order valence-corrected chi connectivity index (χ0v) is 12.3. The molecule has 1 atom stereocenters. The van der Waals surface area contributed by atoms with Crippen LogP contribution in [0.3, 0.4) is 0 Å². The van der Waals surface area contributed by atoms with Gasteiger partial charge in [0.25, 0.3) is 0 Å². The van der Waals surface area contributed by atoms with Crippen LogP contribution in [0.15, 0.2) is 12.1 Å². The lowest BCUT2D eigenvalue weighted by atomic mass is 10.2. The average molecular weight is 295 g/mol. The molecule has 0 radical (unpaired) electrons. The molecule has 2 heterocycles. The molecule has 116 valence electrons. The van der Waals surface area contributed by atoms with E-state index in [9.17, 15) is 10.1 Å². The number of hydrogen-bond donors (Lipinski definition) is 2. The standard InChI is InChI=1S/C13H21N5O3/c1-10(9-17-5-7-21-8-6-17)15-13-11(18(19)20)3-4-12(14-2)16-13/h3-4,10H,5-9H2,1-2H3,(H2,14,15,16). The summed E-state index contributed by atoms with van der Waals surface area (Å²) in [5, 5.41) is 17.1. The van der Waals surface area contributed by atoms with Gasteiger partial charge in [-0.15, -0.1) is 0 Å². The second-order valence-corrected chi connectivity index (χ2v) is 5.03. The molecule has 1 unspecified atom stereocenters. The quantitative estimate of drug-likeness (QED) is 0.601. The molecule has 0 bridgehead atoms. The maximum Gasteiger partial charge on any atom is 0.311 e. The van der Waals surface area contributed by atoms with Crippen molar-refractivity contribution >= 4 is 17.3 Å². The third kappa shape index (κ3) is 4.27. The molecule has 1 aromatic rings. The number of nitrogens with zero attached hydrogens (tertiary/aromatic N) is 3. The average Bonchev–Trinajstić information content (AvgIpc) is 2.47. The summed E-state index contributed by atoms with van der Waals surface area (Å²) >= 11 is 0. The van der Waals surface area contributed by atoms with Crippen LogP contribution in [0.5, 0.6) is 0 Å². The van der Waals surface area contributed by atoms with Crippen molar-refractivity contribution in [3.05, 3.63) is 22.2 Å². The zero-order chi connectivity index (χ0) is 15.2. The van der Waals surface area contributed by atoms with Gasteiger partial charge in [0.1, 0.15) is 5.82 Å². The Bertz CT molecular complexity index is 491. The molecule has 8 nitrogen and oxygen atoms in total. The number of nitro groups is 1. The third-order valence-electron chi connectivity index (χ3n) is 3.35. The number of pyridine rings is 1. The third-order valence-corrected chi connectivity index (χ3v) is 3.35. The SMILES string of the molecule is CNc1ccc([N+](=O)[O-])c(NC(C)CN2CCOCC2)n1. The molecule has 1 fully saturated rings. The lowest BCUT2D eigenvalue weighted by Gasteiger charge is -2.29. The first-order valence-corrected chi connectivity index (χ1v) is 7.00. The van der Waals surface area contributed by atoms with Crippen molar-refractivity contribution in [2.24, 2.45) is 0 Å². The van der Waals surface area contributed by atoms with Gasteiger partial charge < -0.3 is 15.4 Å². The van der Waals surface area contributed by atoms with Crippen LogP contribution < -0.4 is 10.6 Å². The Kier molecular flexibility index (Phi) is 5.29. The Labute approximate surface area is 123 Å². The Balaban J connectivity index is 2.04. The molecule has 21 heavy (non-hydrogen) atoms. The lowest BCUT2D eigenvalue weighted by Crippen LogP contribution is -2.42. The molecule has 0 aliphatic carbocycles. The van der Waals surface area contributed by atoms with Gasteiger partial charge >= 0.3 is 5.69 Å². The molecular formula is C13H21N5O3. The van der Waals surface area contributed by atoms with Crippen LogP contribution in [0.4, 0.5) is 17.3 Å². The summed E-state index contributed by atoms with van der Waals surface area (Å²) in [7, 11) is 1.73. The number of ether oxygens (including phenoxy) is 1. The minimum Gasteiger partial charge on any atom is -0.379 e. The molecular weight excluding hydrogens is 274 g/mol. The van der Waals surface area contributed by atoms with Crippen LogP contribution >= 0.6 is 0 Å². The molecule has 1 aromatic heterocycles. The molecule has 1 aliphatic rings. The fourth-order valence-corrected chi connectivity index (χ4v) is 2.29. The highest BCUT2D eigenvalue weighted by molar-refractivity contribution is 5.60. The van der Waals surface area contributed by atoms with E-state index in [-0.39, 0.29) is 11.7 Å². The minimum absolute atomic E-state index is 0.0113. The van der Waals surface area contributed by atoms with E-state index in [2.05, 4.69) is 20.5 Å². The van der Waals surface area contributed by atoms with E-state index in [4.69, 9.17) is 4.74 Å². The summed E-state index contributed by atoms with van der Waals surface area (Å²) in [4.78, 5) is 17.2. The monoisotopic (exact) mass is 295 g/mol. The summed E-state index contributed by atoms with van der Waals surface area (Å²) in [5.74, 6) is 0.897. The van der Waals surface area contributed by atoms with Crippen molar-refractivity contribution in [1.82, 2.24) is 9.88 Å². The lowest BCUT2D eigenvalue weighted by molar-refractivity contribution is -0.384. The summed E-state index contributed by atoms with van der Waals surface area (Å²) in [6.07, 6.45) is 0. The smallest absolute Gasteiger partial charge is 0.311 e. The number of anilines is 2. The summed E-state index contributed by atoms with van der Waals surface area (Å²) in [6, 6.07) is 3.11. The van der Waals surface area contributed by atoms with E-state index in [0.29, 0.717) is 11.6 Å². The van der Waals surface area contributed by atoms with E-state index in [1.807, 2.05) is 6.92 Å². The van der Waals surface area contributed by atoms with Crippen molar-refractivity contribution in [2.75, 3.05) is 50.5 Å². The van der Waals surface area contributed by atoms with Crippen molar-refractivity contribution in [3.63, 3.8) is 0 Å². The minimum atomic E-state index is -0.420. The van der Waals surface area contributed by atoms with E-state index < -0.39 is 4.92 Å². The highest BCUT2D eigenvalue weighted by atomic mass is 16.6. The van der Waals surface area contributed by atoms with Crippen molar-refractivity contribution < 1.29 is 9.66 Å². The van der Waals surface area contributed by atoms with Crippen LogP contribution in [0.2, 0.25) is 0 Å². The van der Waals surface area contributed by atoms with Gasteiger partial charge in [-0.2, -0.15) is 0 Å². The molecule has 1 saturated heterocycles. The van der Waals surface area contributed by atoms with E-state index in [0.717, 1.165) is 32.8 Å².